The SMILES string of the molecule is N#CC1=C(N)C(C#N)(C#N)[C@@H](c2ccc(Cl)cc2)[C@@H]2CSCC=C12. The highest BCUT2D eigenvalue weighted by Gasteiger charge is 2.53. The van der Waals surface area contributed by atoms with E-state index in [1.807, 2.05) is 18.2 Å². The van der Waals surface area contributed by atoms with Crippen molar-refractivity contribution in [2.45, 2.75) is 5.92 Å². The molecule has 0 aromatic heterocycles. The second-order valence-corrected chi connectivity index (χ2v) is 7.28. The molecule has 1 aliphatic heterocycles. The molecule has 0 saturated heterocycles. The predicted octanol–water partition coefficient (Wildman–Crippen LogP) is 3.50. The van der Waals surface area contributed by atoms with E-state index in [2.05, 4.69) is 18.2 Å². The van der Waals surface area contributed by atoms with E-state index in [0.29, 0.717) is 5.02 Å². The summed E-state index contributed by atoms with van der Waals surface area (Å²) in [6.07, 6.45) is 1.99. The van der Waals surface area contributed by atoms with E-state index in [4.69, 9.17) is 17.3 Å². The van der Waals surface area contributed by atoms with Crippen molar-refractivity contribution in [3.8, 4) is 18.2 Å². The van der Waals surface area contributed by atoms with Gasteiger partial charge in [-0.3, -0.25) is 0 Å². The van der Waals surface area contributed by atoms with Crippen LogP contribution in [0.4, 0.5) is 0 Å². The summed E-state index contributed by atoms with van der Waals surface area (Å²) in [6.45, 7) is 0. The molecule has 3 rings (SSSR count). The maximum absolute atomic E-state index is 9.85. The Kier molecular flexibility index (Phi) is 4.29. The van der Waals surface area contributed by atoms with Gasteiger partial charge in [-0.2, -0.15) is 27.5 Å². The molecule has 6 heteroatoms. The summed E-state index contributed by atoms with van der Waals surface area (Å²) in [5.41, 5.74) is 6.67. The van der Waals surface area contributed by atoms with Gasteiger partial charge in [-0.05, 0) is 23.3 Å². The Hall–Kier alpha value is -2.39. The van der Waals surface area contributed by atoms with E-state index in [1.54, 1.807) is 23.9 Å². The molecule has 1 aromatic carbocycles. The largest absolute Gasteiger partial charge is 0.399 e. The van der Waals surface area contributed by atoms with E-state index in [9.17, 15) is 15.8 Å². The molecule has 0 saturated carbocycles. The molecule has 0 unspecified atom stereocenters. The molecule has 0 amide bonds. The molecule has 118 valence electrons. The fraction of sp³-hybridized carbons (Fsp3) is 0.278. The van der Waals surface area contributed by atoms with E-state index < -0.39 is 11.3 Å². The lowest BCUT2D eigenvalue weighted by Gasteiger charge is -2.43. The molecular formula is C18H13ClN4S. The summed E-state index contributed by atoms with van der Waals surface area (Å²) in [4.78, 5) is 0. The van der Waals surface area contributed by atoms with Crippen molar-refractivity contribution in [1.82, 2.24) is 0 Å². The first-order valence-electron chi connectivity index (χ1n) is 7.35. The van der Waals surface area contributed by atoms with Gasteiger partial charge in [-0.15, -0.1) is 0 Å². The highest BCUT2D eigenvalue weighted by atomic mass is 35.5. The maximum Gasteiger partial charge on any atom is 0.191 e. The summed E-state index contributed by atoms with van der Waals surface area (Å²) in [7, 11) is 0. The second-order valence-electron chi connectivity index (χ2n) is 5.76. The number of allylic oxidation sites excluding steroid dienone is 3. The van der Waals surface area contributed by atoms with Crippen molar-refractivity contribution in [3.63, 3.8) is 0 Å². The van der Waals surface area contributed by atoms with Crippen molar-refractivity contribution in [2.24, 2.45) is 17.1 Å². The molecule has 2 atom stereocenters. The number of nitriles is 3. The van der Waals surface area contributed by atoms with Crippen molar-refractivity contribution in [3.05, 3.63) is 57.8 Å². The third-order valence-electron chi connectivity index (χ3n) is 4.66. The molecule has 0 bridgehead atoms. The Morgan fingerprint density at radius 2 is 1.83 bits per heavy atom. The van der Waals surface area contributed by atoms with Crippen molar-refractivity contribution in [2.75, 3.05) is 11.5 Å². The van der Waals surface area contributed by atoms with Gasteiger partial charge in [-0.25, -0.2) is 0 Å². The molecule has 0 radical (unpaired) electrons. The van der Waals surface area contributed by atoms with Gasteiger partial charge in [0.25, 0.3) is 0 Å². The minimum absolute atomic E-state index is 0.0596. The summed E-state index contributed by atoms with van der Waals surface area (Å²) >= 11 is 7.70. The highest BCUT2D eigenvalue weighted by Crippen LogP contribution is 2.54. The topological polar surface area (TPSA) is 97.4 Å². The van der Waals surface area contributed by atoms with Crippen LogP contribution in [0.15, 0.2) is 47.2 Å². The van der Waals surface area contributed by atoms with Crippen LogP contribution in [0.3, 0.4) is 0 Å². The smallest absolute Gasteiger partial charge is 0.191 e. The number of nitrogens with zero attached hydrogens (tertiary/aromatic N) is 3. The Morgan fingerprint density at radius 3 is 2.42 bits per heavy atom. The number of rotatable bonds is 1. The van der Waals surface area contributed by atoms with Crippen LogP contribution in [0.1, 0.15) is 11.5 Å². The summed E-state index contributed by atoms with van der Waals surface area (Å²) < 4.78 is 0. The van der Waals surface area contributed by atoms with Crippen LogP contribution in [-0.4, -0.2) is 11.5 Å². The fourth-order valence-corrected chi connectivity index (χ4v) is 4.72. The molecule has 0 fully saturated rings. The molecule has 1 heterocycles. The van der Waals surface area contributed by atoms with Crippen LogP contribution in [0.5, 0.6) is 0 Å². The summed E-state index contributed by atoms with van der Waals surface area (Å²) in [6, 6.07) is 13.5. The zero-order chi connectivity index (χ0) is 17.3. The average Bonchev–Trinajstić information content (AvgIpc) is 2.62. The van der Waals surface area contributed by atoms with E-state index in [1.165, 1.54) is 0 Å². The van der Waals surface area contributed by atoms with Crippen LogP contribution in [0.2, 0.25) is 5.02 Å². The quantitative estimate of drug-likeness (QED) is 0.834. The van der Waals surface area contributed by atoms with Crippen LogP contribution in [0, 0.1) is 45.3 Å². The van der Waals surface area contributed by atoms with Gasteiger partial charge in [0.1, 0.15) is 6.07 Å². The van der Waals surface area contributed by atoms with E-state index in [0.717, 1.165) is 22.6 Å². The number of fused-ring (bicyclic) bond motifs is 1. The van der Waals surface area contributed by atoms with E-state index in [-0.39, 0.29) is 17.2 Å². The van der Waals surface area contributed by atoms with Gasteiger partial charge in [0, 0.05) is 28.4 Å². The van der Waals surface area contributed by atoms with Gasteiger partial charge < -0.3 is 5.73 Å². The lowest BCUT2D eigenvalue weighted by atomic mass is 9.59. The molecule has 2 aliphatic rings. The molecule has 1 aliphatic carbocycles. The molecular weight excluding hydrogens is 340 g/mol. The second kappa shape index (κ2) is 6.25. The van der Waals surface area contributed by atoms with Crippen molar-refractivity contribution >= 4 is 23.4 Å². The van der Waals surface area contributed by atoms with Gasteiger partial charge >= 0.3 is 0 Å². The average molecular weight is 353 g/mol. The lowest BCUT2D eigenvalue weighted by molar-refractivity contribution is 0.368. The highest BCUT2D eigenvalue weighted by molar-refractivity contribution is 7.99. The van der Waals surface area contributed by atoms with Gasteiger partial charge in [0.15, 0.2) is 5.41 Å². The Morgan fingerprint density at radius 1 is 1.17 bits per heavy atom. The summed E-state index contributed by atoms with van der Waals surface area (Å²) in [5, 5.41) is 29.8. The standard InChI is InChI=1S/C18H13ClN4S/c19-12-3-1-11(2-4-12)16-15-8-24-6-5-13(15)14(7-20)17(23)18(16,9-21)10-22/h1-5,15-16H,6,8,23H2/t15-,16+/m1/s1. The predicted molar refractivity (Wildman–Crippen MR) is 93.6 cm³/mol. The minimum Gasteiger partial charge on any atom is -0.399 e. The zero-order valence-corrected chi connectivity index (χ0v) is 14.2. The third-order valence-corrected chi connectivity index (χ3v) is 5.91. The Bertz CT molecular complexity index is 850. The maximum atomic E-state index is 9.85. The van der Waals surface area contributed by atoms with Gasteiger partial charge in [-0.1, -0.05) is 29.8 Å². The first-order chi connectivity index (χ1) is 11.6. The molecule has 2 N–H and O–H groups in total. The molecule has 1 aromatic rings. The van der Waals surface area contributed by atoms with Crippen molar-refractivity contribution in [1.29, 1.82) is 15.8 Å². The number of thioether (sulfide) groups is 1. The Labute approximate surface area is 149 Å². The molecule has 4 nitrogen and oxygen atoms in total. The third kappa shape index (κ3) is 2.28. The monoisotopic (exact) mass is 352 g/mol. The first-order valence-corrected chi connectivity index (χ1v) is 8.88. The number of hydrogen-bond donors (Lipinski definition) is 1. The van der Waals surface area contributed by atoms with Crippen molar-refractivity contribution < 1.29 is 0 Å². The molecule has 24 heavy (non-hydrogen) atoms. The van der Waals surface area contributed by atoms with E-state index >= 15 is 0 Å². The molecule has 0 spiro atoms. The Balaban J connectivity index is 2.31. The number of nitrogens with two attached hydrogens (primary N) is 1. The fourth-order valence-electron chi connectivity index (χ4n) is 3.53. The van der Waals surface area contributed by atoms with Crippen LogP contribution in [0.25, 0.3) is 0 Å². The number of benzene rings is 1. The number of hydrogen-bond acceptors (Lipinski definition) is 5. The van der Waals surface area contributed by atoms with Gasteiger partial charge in [0.05, 0.1) is 23.4 Å². The van der Waals surface area contributed by atoms with Gasteiger partial charge in [0.2, 0.25) is 0 Å². The van der Waals surface area contributed by atoms with Crippen LogP contribution in [-0.2, 0) is 0 Å². The van der Waals surface area contributed by atoms with Crippen LogP contribution < -0.4 is 5.73 Å². The summed E-state index contributed by atoms with van der Waals surface area (Å²) in [5.74, 6) is 0.999. The van der Waals surface area contributed by atoms with Crippen LogP contribution >= 0.6 is 23.4 Å². The first kappa shape index (κ1) is 16.5. The normalized spacial score (nSPS) is 24.8. The number of halogens is 1. The minimum atomic E-state index is -1.56. The lowest BCUT2D eigenvalue weighted by Crippen LogP contribution is -2.43. The zero-order valence-electron chi connectivity index (χ0n) is 12.7.